The van der Waals surface area contributed by atoms with E-state index in [2.05, 4.69) is 57.4 Å². The van der Waals surface area contributed by atoms with Crippen LogP contribution >= 0.6 is 0 Å². The second-order valence-electron chi connectivity index (χ2n) is 5.52. The van der Waals surface area contributed by atoms with Gasteiger partial charge in [0.2, 0.25) is 0 Å². The molecule has 17 heavy (non-hydrogen) atoms. The summed E-state index contributed by atoms with van der Waals surface area (Å²) in [6, 6.07) is 4.51. The Kier molecular flexibility index (Phi) is 4.72. The first kappa shape index (κ1) is 14.2. The number of rotatable bonds is 5. The van der Waals surface area contributed by atoms with Gasteiger partial charge in [-0.25, -0.2) is 0 Å². The highest BCUT2D eigenvalue weighted by molar-refractivity contribution is 5.42. The Balaban J connectivity index is 2.94. The van der Waals surface area contributed by atoms with Crippen LogP contribution in [-0.4, -0.2) is 20.3 Å². The van der Waals surface area contributed by atoms with E-state index in [0.29, 0.717) is 0 Å². The van der Waals surface area contributed by atoms with E-state index in [9.17, 15) is 0 Å². The molecule has 2 nitrogen and oxygen atoms in total. The van der Waals surface area contributed by atoms with E-state index in [-0.39, 0.29) is 5.41 Å². The van der Waals surface area contributed by atoms with Crippen molar-refractivity contribution >= 4 is 0 Å². The number of benzene rings is 1. The predicted molar refractivity (Wildman–Crippen MR) is 75.6 cm³/mol. The number of aryl methyl sites for hydroxylation is 1. The maximum absolute atomic E-state index is 3.42. The molecule has 0 atom stereocenters. The van der Waals surface area contributed by atoms with Gasteiger partial charge in [-0.05, 0) is 50.1 Å². The molecular weight excluding hydrogens is 208 g/mol. The molecule has 0 aliphatic heterocycles. The molecule has 0 spiro atoms. The maximum atomic E-state index is 3.42. The predicted octanol–water partition coefficient (Wildman–Crippen LogP) is 2.66. The van der Waals surface area contributed by atoms with Crippen LogP contribution < -0.4 is 10.6 Å². The average Bonchev–Trinajstić information content (AvgIpc) is 2.26. The molecule has 0 bridgehead atoms. The van der Waals surface area contributed by atoms with Crippen molar-refractivity contribution in [2.45, 2.75) is 40.0 Å². The number of hydrogen-bond acceptors (Lipinski definition) is 2. The Hall–Kier alpha value is -0.860. The minimum absolute atomic E-state index is 0.166. The largest absolute Gasteiger partial charge is 0.308 e. The van der Waals surface area contributed by atoms with Crippen molar-refractivity contribution in [2.75, 3.05) is 20.3 Å². The van der Waals surface area contributed by atoms with Gasteiger partial charge in [0, 0.05) is 18.6 Å². The zero-order valence-electron chi connectivity index (χ0n) is 12.1. The topological polar surface area (TPSA) is 24.1 Å². The minimum atomic E-state index is 0.166. The molecule has 0 saturated carbocycles. The lowest BCUT2D eigenvalue weighted by atomic mass is 9.80. The molecule has 2 N–H and O–H groups in total. The summed E-state index contributed by atoms with van der Waals surface area (Å²) in [5, 5.41) is 6.54. The summed E-state index contributed by atoms with van der Waals surface area (Å²) in [4.78, 5) is 0. The van der Waals surface area contributed by atoms with Gasteiger partial charge in [0.25, 0.3) is 0 Å². The van der Waals surface area contributed by atoms with Gasteiger partial charge in [0.15, 0.2) is 0 Å². The van der Waals surface area contributed by atoms with Gasteiger partial charge < -0.3 is 10.6 Å². The molecule has 1 aromatic carbocycles. The highest BCUT2D eigenvalue weighted by Crippen LogP contribution is 2.28. The minimum Gasteiger partial charge on any atom is -0.308 e. The quantitative estimate of drug-likeness (QED) is 0.604. The van der Waals surface area contributed by atoms with Crippen LogP contribution in [0.2, 0.25) is 0 Å². The SMILES string of the molecule is CNCNCC(C)(C)c1ccc(C)c(C)c1C. The lowest BCUT2D eigenvalue weighted by molar-refractivity contribution is 0.458. The van der Waals surface area contributed by atoms with Crippen molar-refractivity contribution in [3.05, 3.63) is 34.4 Å². The van der Waals surface area contributed by atoms with Crippen LogP contribution in [0.25, 0.3) is 0 Å². The molecule has 0 unspecified atom stereocenters. The molecule has 0 heterocycles. The summed E-state index contributed by atoms with van der Waals surface area (Å²) in [5.41, 5.74) is 5.85. The summed E-state index contributed by atoms with van der Waals surface area (Å²) < 4.78 is 0. The van der Waals surface area contributed by atoms with Crippen LogP contribution in [-0.2, 0) is 5.41 Å². The van der Waals surface area contributed by atoms with E-state index in [1.54, 1.807) is 0 Å². The van der Waals surface area contributed by atoms with Crippen molar-refractivity contribution in [1.82, 2.24) is 10.6 Å². The molecule has 0 aliphatic carbocycles. The monoisotopic (exact) mass is 234 g/mol. The molecule has 2 heteroatoms. The van der Waals surface area contributed by atoms with Crippen molar-refractivity contribution in [3.63, 3.8) is 0 Å². The van der Waals surface area contributed by atoms with Gasteiger partial charge in [-0.1, -0.05) is 26.0 Å². The third-order valence-corrected chi connectivity index (χ3v) is 3.66. The fourth-order valence-corrected chi connectivity index (χ4v) is 2.28. The zero-order valence-corrected chi connectivity index (χ0v) is 12.1. The molecule has 0 aromatic heterocycles. The molecular formula is C15H26N2. The zero-order chi connectivity index (χ0) is 13.1. The molecule has 0 fully saturated rings. The second kappa shape index (κ2) is 5.65. The van der Waals surface area contributed by atoms with Gasteiger partial charge in [-0.3, -0.25) is 0 Å². The summed E-state index contributed by atoms with van der Waals surface area (Å²) >= 11 is 0. The van der Waals surface area contributed by atoms with Crippen molar-refractivity contribution in [2.24, 2.45) is 0 Å². The lowest BCUT2D eigenvalue weighted by Gasteiger charge is -2.29. The van der Waals surface area contributed by atoms with Gasteiger partial charge in [-0.15, -0.1) is 0 Å². The highest BCUT2D eigenvalue weighted by atomic mass is 15.0. The Morgan fingerprint density at radius 2 is 1.71 bits per heavy atom. The average molecular weight is 234 g/mol. The van der Waals surface area contributed by atoms with Crippen LogP contribution in [0.3, 0.4) is 0 Å². The third kappa shape index (κ3) is 3.30. The molecule has 0 radical (unpaired) electrons. The fourth-order valence-electron chi connectivity index (χ4n) is 2.28. The Labute approximate surface area is 106 Å². The standard InChI is InChI=1S/C15H26N2/c1-11-7-8-14(13(3)12(11)2)15(4,5)9-17-10-16-6/h7-8,16-17H,9-10H2,1-6H3. The molecule has 0 amide bonds. The van der Waals surface area contributed by atoms with E-state index < -0.39 is 0 Å². The van der Waals surface area contributed by atoms with E-state index in [4.69, 9.17) is 0 Å². The lowest BCUT2D eigenvalue weighted by Crippen LogP contribution is -2.37. The maximum Gasteiger partial charge on any atom is 0.0452 e. The fraction of sp³-hybridized carbons (Fsp3) is 0.600. The van der Waals surface area contributed by atoms with E-state index in [1.165, 1.54) is 22.3 Å². The first-order valence-electron chi connectivity index (χ1n) is 6.32. The summed E-state index contributed by atoms with van der Waals surface area (Å²) in [6.07, 6.45) is 0. The van der Waals surface area contributed by atoms with Gasteiger partial charge in [0.05, 0.1) is 0 Å². The molecule has 96 valence electrons. The molecule has 1 aromatic rings. The number of hydrogen-bond donors (Lipinski definition) is 2. The first-order chi connectivity index (χ1) is 7.90. The summed E-state index contributed by atoms with van der Waals surface area (Å²) in [5.74, 6) is 0. The van der Waals surface area contributed by atoms with E-state index in [0.717, 1.165) is 13.2 Å². The molecule has 1 rings (SSSR count). The van der Waals surface area contributed by atoms with Crippen LogP contribution in [0.4, 0.5) is 0 Å². The Bertz CT molecular complexity index is 381. The second-order valence-corrected chi connectivity index (χ2v) is 5.52. The Morgan fingerprint density at radius 1 is 1.06 bits per heavy atom. The van der Waals surface area contributed by atoms with E-state index in [1.807, 2.05) is 7.05 Å². The van der Waals surface area contributed by atoms with Crippen molar-refractivity contribution in [3.8, 4) is 0 Å². The van der Waals surface area contributed by atoms with Gasteiger partial charge in [0.1, 0.15) is 0 Å². The van der Waals surface area contributed by atoms with Crippen LogP contribution in [0.1, 0.15) is 36.1 Å². The van der Waals surface area contributed by atoms with E-state index >= 15 is 0 Å². The molecule has 0 aliphatic rings. The summed E-state index contributed by atoms with van der Waals surface area (Å²) in [7, 11) is 1.96. The van der Waals surface area contributed by atoms with Gasteiger partial charge in [-0.2, -0.15) is 0 Å². The molecule has 0 saturated heterocycles. The van der Waals surface area contributed by atoms with Crippen LogP contribution in [0, 0.1) is 20.8 Å². The van der Waals surface area contributed by atoms with Crippen LogP contribution in [0.5, 0.6) is 0 Å². The highest BCUT2D eigenvalue weighted by Gasteiger charge is 2.22. The number of nitrogens with one attached hydrogen (secondary N) is 2. The van der Waals surface area contributed by atoms with Gasteiger partial charge >= 0.3 is 0 Å². The van der Waals surface area contributed by atoms with Crippen molar-refractivity contribution < 1.29 is 0 Å². The Morgan fingerprint density at radius 3 is 2.29 bits per heavy atom. The smallest absolute Gasteiger partial charge is 0.0452 e. The third-order valence-electron chi connectivity index (χ3n) is 3.66. The van der Waals surface area contributed by atoms with Crippen molar-refractivity contribution in [1.29, 1.82) is 0 Å². The first-order valence-corrected chi connectivity index (χ1v) is 6.32. The normalized spacial score (nSPS) is 11.9. The van der Waals surface area contributed by atoms with Crippen LogP contribution in [0.15, 0.2) is 12.1 Å². The summed E-state index contributed by atoms with van der Waals surface area (Å²) in [6.45, 7) is 13.1.